The highest BCUT2D eigenvalue weighted by molar-refractivity contribution is 5.93. The van der Waals surface area contributed by atoms with Gasteiger partial charge in [0.05, 0.1) is 11.6 Å². The van der Waals surface area contributed by atoms with Gasteiger partial charge in [-0.05, 0) is 44.4 Å². The predicted octanol–water partition coefficient (Wildman–Crippen LogP) is 2.78. The molecule has 0 fully saturated rings. The molecule has 26 heavy (non-hydrogen) atoms. The van der Waals surface area contributed by atoms with Crippen molar-refractivity contribution in [1.82, 2.24) is 5.32 Å². The summed E-state index contributed by atoms with van der Waals surface area (Å²) in [6, 6.07) is 14.2. The summed E-state index contributed by atoms with van der Waals surface area (Å²) >= 11 is 0. The second-order valence-corrected chi connectivity index (χ2v) is 6.31. The van der Waals surface area contributed by atoms with E-state index in [1.165, 1.54) is 6.92 Å². The molecule has 0 aromatic heterocycles. The molecule has 0 aliphatic carbocycles. The molecule has 1 atom stereocenters. The minimum Gasteiger partial charge on any atom is -0.452 e. The third-order valence-electron chi connectivity index (χ3n) is 4.06. The van der Waals surface area contributed by atoms with E-state index in [2.05, 4.69) is 5.32 Å². The number of rotatable bonds is 7. The second-order valence-electron chi connectivity index (χ2n) is 6.31. The zero-order valence-corrected chi connectivity index (χ0v) is 15.2. The summed E-state index contributed by atoms with van der Waals surface area (Å²) in [6.45, 7) is 4.69. The van der Waals surface area contributed by atoms with Gasteiger partial charge in [-0.1, -0.05) is 48.0 Å². The van der Waals surface area contributed by atoms with Crippen molar-refractivity contribution in [1.29, 1.82) is 0 Å². The van der Waals surface area contributed by atoms with Gasteiger partial charge >= 0.3 is 5.97 Å². The van der Waals surface area contributed by atoms with Crippen LogP contribution in [-0.4, -0.2) is 30.3 Å². The molecule has 1 amide bonds. The number of ether oxygens (including phenoxy) is 1. The van der Waals surface area contributed by atoms with E-state index in [4.69, 9.17) is 4.74 Å². The number of hydrogen-bond donors (Lipinski definition) is 1. The van der Waals surface area contributed by atoms with Gasteiger partial charge in [-0.25, -0.2) is 4.79 Å². The number of amides is 1. The van der Waals surface area contributed by atoms with Gasteiger partial charge in [-0.3, -0.25) is 9.59 Å². The summed E-state index contributed by atoms with van der Waals surface area (Å²) in [4.78, 5) is 36.1. The number of esters is 1. The molecule has 2 aromatic rings. The minimum absolute atomic E-state index is 0.150. The highest BCUT2D eigenvalue weighted by Crippen LogP contribution is 2.12. The zero-order valence-electron chi connectivity index (χ0n) is 15.2. The van der Waals surface area contributed by atoms with E-state index in [9.17, 15) is 14.4 Å². The van der Waals surface area contributed by atoms with Crippen LogP contribution in [0.1, 0.15) is 34.0 Å². The van der Waals surface area contributed by atoms with Crippen LogP contribution in [0, 0.1) is 13.8 Å². The van der Waals surface area contributed by atoms with Crippen LogP contribution < -0.4 is 5.32 Å². The number of hydrogen-bond acceptors (Lipinski definition) is 4. The minimum atomic E-state index is -0.649. The molecule has 0 heterocycles. The Morgan fingerprint density at radius 3 is 2.38 bits per heavy atom. The lowest BCUT2D eigenvalue weighted by molar-refractivity contribution is -0.128. The number of benzene rings is 2. The molecule has 136 valence electrons. The lowest BCUT2D eigenvalue weighted by Gasteiger charge is -2.16. The first-order valence-electron chi connectivity index (χ1n) is 8.45. The van der Waals surface area contributed by atoms with Gasteiger partial charge in [-0.15, -0.1) is 0 Å². The van der Waals surface area contributed by atoms with Crippen LogP contribution in [0.3, 0.4) is 0 Å². The molecule has 0 unspecified atom stereocenters. The molecular weight excluding hydrogens is 330 g/mol. The highest BCUT2D eigenvalue weighted by Gasteiger charge is 2.19. The Labute approximate surface area is 153 Å². The Morgan fingerprint density at radius 1 is 1.04 bits per heavy atom. The maximum atomic E-state index is 12.2. The summed E-state index contributed by atoms with van der Waals surface area (Å²) < 4.78 is 5.09. The molecule has 0 saturated carbocycles. The molecule has 0 saturated heterocycles. The first-order valence-corrected chi connectivity index (χ1v) is 8.45. The fraction of sp³-hybridized carbons (Fsp3) is 0.286. The zero-order chi connectivity index (χ0) is 19.1. The fourth-order valence-corrected chi connectivity index (χ4v) is 2.55. The summed E-state index contributed by atoms with van der Waals surface area (Å²) in [7, 11) is 0. The average molecular weight is 353 g/mol. The first kappa shape index (κ1) is 19.4. The summed E-state index contributed by atoms with van der Waals surface area (Å²) in [5, 5.41) is 2.63. The largest absolute Gasteiger partial charge is 0.452 e. The van der Waals surface area contributed by atoms with E-state index in [1.807, 2.05) is 56.3 Å². The van der Waals surface area contributed by atoms with Gasteiger partial charge in [0.2, 0.25) is 0 Å². The topological polar surface area (TPSA) is 72.5 Å². The summed E-state index contributed by atoms with van der Waals surface area (Å²) in [5.74, 6) is -1.20. The number of ketones is 1. The molecular formula is C21H23NO4. The van der Waals surface area contributed by atoms with Crippen LogP contribution in [-0.2, 0) is 20.7 Å². The van der Waals surface area contributed by atoms with Crippen LogP contribution in [0.25, 0.3) is 0 Å². The SMILES string of the molecule is CC(=O)[C@@H](Cc1ccccc1)NC(=O)COC(=O)c1cc(C)ccc1C. The van der Waals surface area contributed by atoms with Crippen molar-refractivity contribution in [2.24, 2.45) is 0 Å². The van der Waals surface area contributed by atoms with Gasteiger partial charge in [0, 0.05) is 0 Å². The van der Waals surface area contributed by atoms with E-state index < -0.39 is 24.5 Å². The van der Waals surface area contributed by atoms with E-state index in [-0.39, 0.29) is 5.78 Å². The Hall–Kier alpha value is -2.95. The Balaban J connectivity index is 1.92. The maximum absolute atomic E-state index is 12.2. The smallest absolute Gasteiger partial charge is 0.338 e. The maximum Gasteiger partial charge on any atom is 0.338 e. The first-order chi connectivity index (χ1) is 12.4. The van der Waals surface area contributed by atoms with Gasteiger partial charge in [0.1, 0.15) is 0 Å². The molecule has 0 spiro atoms. The van der Waals surface area contributed by atoms with Crippen LogP contribution in [0.15, 0.2) is 48.5 Å². The van der Waals surface area contributed by atoms with E-state index in [0.717, 1.165) is 16.7 Å². The molecule has 2 rings (SSSR count). The van der Waals surface area contributed by atoms with Crippen LogP contribution in [0.5, 0.6) is 0 Å². The summed E-state index contributed by atoms with van der Waals surface area (Å²) in [6.07, 6.45) is 0.396. The monoisotopic (exact) mass is 353 g/mol. The Morgan fingerprint density at radius 2 is 1.73 bits per heavy atom. The van der Waals surface area contributed by atoms with Crippen molar-refractivity contribution in [3.8, 4) is 0 Å². The number of Topliss-reactive ketones (excluding diaryl/α,β-unsaturated/α-hetero) is 1. The number of nitrogens with one attached hydrogen (secondary N) is 1. The van der Waals surface area contributed by atoms with Crippen molar-refractivity contribution in [2.75, 3.05) is 6.61 Å². The standard InChI is InChI=1S/C21H23NO4/c1-14-9-10-15(2)18(11-14)21(25)26-13-20(24)22-19(16(3)23)12-17-7-5-4-6-8-17/h4-11,19H,12-13H2,1-3H3,(H,22,24)/t19-/m1/s1. The molecule has 0 aliphatic rings. The van der Waals surface area contributed by atoms with Crippen molar-refractivity contribution in [2.45, 2.75) is 33.2 Å². The van der Waals surface area contributed by atoms with E-state index in [0.29, 0.717) is 12.0 Å². The molecule has 0 bridgehead atoms. The third-order valence-corrected chi connectivity index (χ3v) is 4.06. The van der Waals surface area contributed by atoms with E-state index in [1.54, 1.807) is 6.07 Å². The third kappa shape index (κ3) is 5.55. The van der Waals surface area contributed by atoms with E-state index >= 15 is 0 Å². The van der Waals surface area contributed by atoms with Gasteiger partial charge in [0.15, 0.2) is 12.4 Å². The van der Waals surface area contributed by atoms with Gasteiger partial charge in [-0.2, -0.15) is 0 Å². The van der Waals surface area contributed by atoms with Crippen molar-refractivity contribution in [3.05, 3.63) is 70.8 Å². The second kappa shape index (κ2) is 8.94. The molecule has 0 radical (unpaired) electrons. The number of aryl methyl sites for hydroxylation is 2. The number of carbonyl (C=O) groups excluding carboxylic acids is 3. The van der Waals surface area contributed by atoms with Gasteiger partial charge < -0.3 is 10.1 Å². The molecule has 1 N–H and O–H groups in total. The molecule has 0 aliphatic heterocycles. The average Bonchev–Trinajstić information content (AvgIpc) is 2.62. The number of carbonyl (C=O) groups is 3. The molecule has 5 heteroatoms. The predicted molar refractivity (Wildman–Crippen MR) is 99.0 cm³/mol. The lowest BCUT2D eigenvalue weighted by atomic mass is 10.0. The highest BCUT2D eigenvalue weighted by atomic mass is 16.5. The molecule has 2 aromatic carbocycles. The van der Waals surface area contributed by atoms with Crippen LogP contribution in [0.4, 0.5) is 0 Å². The lowest BCUT2D eigenvalue weighted by Crippen LogP contribution is -2.43. The quantitative estimate of drug-likeness (QED) is 0.777. The Kier molecular flexibility index (Phi) is 6.67. The normalized spacial score (nSPS) is 11.5. The Bertz CT molecular complexity index is 799. The van der Waals surface area contributed by atoms with Gasteiger partial charge in [0.25, 0.3) is 5.91 Å². The van der Waals surface area contributed by atoms with Crippen molar-refractivity contribution in [3.63, 3.8) is 0 Å². The van der Waals surface area contributed by atoms with Crippen molar-refractivity contribution < 1.29 is 19.1 Å². The fourth-order valence-electron chi connectivity index (χ4n) is 2.55. The molecule has 5 nitrogen and oxygen atoms in total. The van der Waals surface area contributed by atoms with Crippen LogP contribution in [0.2, 0.25) is 0 Å². The van der Waals surface area contributed by atoms with Crippen LogP contribution >= 0.6 is 0 Å². The van der Waals surface area contributed by atoms with Crippen molar-refractivity contribution >= 4 is 17.7 Å². The summed E-state index contributed by atoms with van der Waals surface area (Å²) in [5.41, 5.74) is 3.10.